The molecule has 236 valence electrons. The molecule has 0 atom stereocenters. The molecule has 0 bridgehead atoms. The average molecular weight is 623 g/mol. The van der Waals surface area contributed by atoms with E-state index in [0.717, 1.165) is 79.2 Å². The van der Waals surface area contributed by atoms with Crippen LogP contribution in [0.25, 0.3) is 44.8 Å². The van der Waals surface area contributed by atoms with Crippen molar-refractivity contribution in [3.05, 3.63) is 133 Å². The van der Waals surface area contributed by atoms with Crippen LogP contribution in [0.15, 0.2) is 121 Å². The van der Waals surface area contributed by atoms with Crippen molar-refractivity contribution in [3.63, 3.8) is 0 Å². The van der Waals surface area contributed by atoms with E-state index >= 15 is 0 Å². The van der Waals surface area contributed by atoms with Gasteiger partial charge in [-0.05, 0) is 49.2 Å². The Labute approximate surface area is 276 Å². The number of rotatable bonds is 10. The molecule has 0 radical (unpaired) electrons. The predicted molar refractivity (Wildman–Crippen MR) is 189 cm³/mol. The van der Waals surface area contributed by atoms with Crippen molar-refractivity contribution in [1.82, 2.24) is 9.97 Å². The minimum atomic E-state index is -0.648. The first kappa shape index (κ1) is 31.4. The smallest absolute Gasteiger partial charge is 0.130 e. The maximum atomic E-state index is 6.10. The van der Waals surface area contributed by atoms with Crippen LogP contribution in [0.4, 0.5) is 0 Å². The summed E-state index contributed by atoms with van der Waals surface area (Å²) in [4.78, 5) is 10.7. The molecule has 6 aromatic rings. The van der Waals surface area contributed by atoms with Crippen LogP contribution in [0.3, 0.4) is 0 Å². The van der Waals surface area contributed by atoms with Crippen LogP contribution in [-0.2, 0) is 5.41 Å². The second-order valence-corrected chi connectivity index (χ2v) is 11.7. The minimum Gasteiger partial charge on any atom is -0.497 e. The Kier molecular flexibility index (Phi) is 8.94. The zero-order chi connectivity index (χ0) is 33.0. The van der Waals surface area contributed by atoms with Crippen molar-refractivity contribution < 1.29 is 18.9 Å². The maximum Gasteiger partial charge on any atom is 0.130 e. The molecule has 0 aliphatic carbocycles. The summed E-state index contributed by atoms with van der Waals surface area (Å²) in [5, 5.41) is 0. The highest BCUT2D eigenvalue weighted by molar-refractivity contribution is 5.87. The van der Waals surface area contributed by atoms with Gasteiger partial charge in [-0.25, -0.2) is 0 Å². The number of nitrogens with zero attached hydrogens (tertiary/aromatic N) is 2. The minimum absolute atomic E-state index is 0.648. The molecular formula is C41H38N2O4. The van der Waals surface area contributed by atoms with Gasteiger partial charge in [-0.3, -0.25) is 9.97 Å². The molecule has 47 heavy (non-hydrogen) atoms. The molecule has 0 spiro atoms. The Morgan fingerprint density at radius 3 is 1.11 bits per heavy atom. The summed E-state index contributed by atoms with van der Waals surface area (Å²) in [5.41, 5.74) is 8.38. The zero-order valence-electron chi connectivity index (χ0n) is 27.6. The number of benzene rings is 4. The molecule has 6 rings (SSSR count). The first-order valence-corrected chi connectivity index (χ1v) is 15.5. The van der Waals surface area contributed by atoms with Gasteiger partial charge in [-0.15, -0.1) is 0 Å². The van der Waals surface area contributed by atoms with Gasteiger partial charge >= 0.3 is 0 Å². The Bertz CT molecular complexity index is 1830. The number of aromatic nitrogens is 2. The molecular weight excluding hydrogens is 584 g/mol. The Hall–Kier alpha value is -5.62. The van der Waals surface area contributed by atoms with E-state index in [4.69, 9.17) is 28.9 Å². The molecule has 0 aliphatic rings. The van der Waals surface area contributed by atoms with E-state index < -0.39 is 5.41 Å². The molecule has 6 heteroatoms. The van der Waals surface area contributed by atoms with E-state index in [9.17, 15) is 0 Å². The first-order valence-electron chi connectivity index (χ1n) is 15.5. The number of ether oxygens (including phenoxy) is 4. The van der Waals surface area contributed by atoms with E-state index in [2.05, 4.69) is 38.1 Å². The lowest BCUT2D eigenvalue weighted by atomic mass is 9.82. The highest BCUT2D eigenvalue weighted by Crippen LogP contribution is 2.45. The van der Waals surface area contributed by atoms with Crippen LogP contribution in [0.2, 0.25) is 0 Å². The summed E-state index contributed by atoms with van der Waals surface area (Å²) in [5.74, 6) is 3.01. The number of pyridine rings is 2. The molecule has 0 amide bonds. The van der Waals surface area contributed by atoms with Gasteiger partial charge in [0.1, 0.15) is 23.0 Å². The van der Waals surface area contributed by atoms with Crippen LogP contribution >= 0.6 is 0 Å². The SMILES string of the molecule is COc1ccc(-c2c(OC)cc(C(C)(C)c3cc(OC)c(-c4ccc(OC)cc4)c(-c4ccccc4)n3)nc2-c2ccccc2)cc1. The summed E-state index contributed by atoms with van der Waals surface area (Å²) in [6.45, 7) is 4.28. The van der Waals surface area contributed by atoms with Crippen LogP contribution < -0.4 is 18.9 Å². The summed E-state index contributed by atoms with van der Waals surface area (Å²) < 4.78 is 23.0. The lowest BCUT2D eigenvalue weighted by Crippen LogP contribution is -2.23. The van der Waals surface area contributed by atoms with Gasteiger partial charge in [0.05, 0.1) is 62.3 Å². The standard InChI is InChI=1S/C41H38N2O4/c1-41(2,35-25-33(46-5)37(27-17-21-31(44-3)22-18-27)39(42-35)29-13-9-7-10-14-29)36-26-34(47-6)38(28-19-23-32(45-4)24-20-28)40(43-36)30-15-11-8-12-16-30/h7-26H,1-6H3. The van der Waals surface area contributed by atoms with Gasteiger partial charge in [0.25, 0.3) is 0 Å². The summed E-state index contributed by atoms with van der Waals surface area (Å²) >= 11 is 0. The molecule has 0 N–H and O–H groups in total. The molecule has 6 nitrogen and oxygen atoms in total. The summed E-state index contributed by atoms with van der Waals surface area (Å²) in [6.07, 6.45) is 0. The predicted octanol–water partition coefficient (Wildman–Crippen LogP) is 9.50. The molecule has 2 aromatic heterocycles. The van der Waals surface area contributed by atoms with Crippen molar-refractivity contribution in [1.29, 1.82) is 0 Å². The van der Waals surface area contributed by atoms with Gasteiger partial charge in [-0.1, -0.05) is 84.9 Å². The topological polar surface area (TPSA) is 62.7 Å². The largest absolute Gasteiger partial charge is 0.497 e. The quantitative estimate of drug-likeness (QED) is 0.152. The molecule has 0 fully saturated rings. The van der Waals surface area contributed by atoms with E-state index in [1.165, 1.54) is 0 Å². The van der Waals surface area contributed by atoms with Crippen molar-refractivity contribution in [2.45, 2.75) is 19.3 Å². The second kappa shape index (κ2) is 13.4. The first-order chi connectivity index (χ1) is 22.9. The van der Waals surface area contributed by atoms with Crippen molar-refractivity contribution >= 4 is 0 Å². The number of hydrogen-bond donors (Lipinski definition) is 0. The van der Waals surface area contributed by atoms with Crippen molar-refractivity contribution in [2.24, 2.45) is 0 Å². The monoisotopic (exact) mass is 622 g/mol. The van der Waals surface area contributed by atoms with Crippen molar-refractivity contribution in [2.75, 3.05) is 28.4 Å². The third-order valence-electron chi connectivity index (χ3n) is 8.54. The highest BCUT2D eigenvalue weighted by Gasteiger charge is 2.32. The fraction of sp³-hybridized carbons (Fsp3) is 0.171. The van der Waals surface area contributed by atoms with Crippen LogP contribution in [-0.4, -0.2) is 38.4 Å². The van der Waals surface area contributed by atoms with Crippen LogP contribution in [0.1, 0.15) is 25.2 Å². The van der Waals surface area contributed by atoms with Gasteiger partial charge in [0, 0.05) is 28.7 Å². The van der Waals surface area contributed by atoms with Gasteiger partial charge in [0.15, 0.2) is 0 Å². The Morgan fingerprint density at radius 1 is 0.426 bits per heavy atom. The third kappa shape index (κ3) is 6.15. The fourth-order valence-electron chi connectivity index (χ4n) is 5.82. The average Bonchev–Trinajstić information content (AvgIpc) is 3.14. The van der Waals surface area contributed by atoms with Gasteiger partial charge < -0.3 is 18.9 Å². The molecule has 0 saturated heterocycles. The third-order valence-corrected chi connectivity index (χ3v) is 8.54. The second-order valence-electron chi connectivity index (χ2n) is 11.7. The van der Waals surface area contributed by atoms with E-state index in [1.807, 2.05) is 97.1 Å². The normalized spacial score (nSPS) is 11.2. The van der Waals surface area contributed by atoms with Crippen molar-refractivity contribution in [3.8, 4) is 67.8 Å². The molecule has 0 saturated carbocycles. The fourth-order valence-corrected chi connectivity index (χ4v) is 5.82. The van der Waals surface area contributed by atoms with E-state index in [1.54, 1.807) is 28.4 Å². The van der Waals surface area contributed by atoms with Gasteiger partial charge in [0.2, 0.25) is 0 Å². The van der Waals surface area contributed by atoms with E-state index in [0.29, 0.717) is 0 Å². The van der Waals surface area contributed by atoms with E-state index in [-0.39, 0.29) is 0 Å². The van der Waals surface area contributed by atoms with Crippen LogP contribution in [0.5, 0.6) is 23.0 Å². The summed E-state index contributed by atoms with van der Waals surface area (Å²) in [6, 6.07) is 40.4. The Balaban J connectivity index is 1.57. The molecule has 4 aromatic carbocycles. The lowest BCUT2D eigenvalue weighted by Gasteiger charge is -2.28. The van der Waals surface area contributed by atoms with Crippen LogP contribution in [0, 0.1) is 0 Å². The maximum absolute atomic E-state index is 6.10. The molecule has 0 aliphatic heterocycles. The number of methoxy groups -OCH3 is 4. The lowest BCUT2D eigenvalue weighted by molar-refractivity contribution is 0.411. The molecule has 2 heterocycles. The highest BCUT2D eigenvalue weighted by atomic mass is 16.5. The van der Waals surface area contributed by atoms with Gasteiger partial charge in [-0.2, -0.15) is 0 Å². The zero-order valence-corrected chi connectivity index (χ0v) is 27.6. The summed E-state index contributed by atoms with van der Waals surface area (Å²) in [7, 11) is 6.73. The molecule has 0 unspecified atom stereocenters. The Morgan fingerprint density at radius 2 is 0.787 bits per heavy atom. The number of hydrogen-bond acceptors (Lipinski definition) is 6.